The van der Waals surface area contributed by atoms with E-state index in [0.717, 1.165) is 18.0 Å². The first-order chi connectivity index (χ1) is 6.45. The highest BCUT2D eigenvalue weighted by molar-refractivity contribution is 5.85. The third-order valence-corrected chi connectivity index (χ3v) is 4.28. The van der Waals surface area contributed by atoms with Crippen LogP contribution in [0, 0.1) is 5.92 Å². The first-order valence-corrected chi connectivity index (χ1v) is 5.91. The first-order valence-electron chi connectivity index (χ1n) is 5.91. The summed E-state index contributed by atoms with van der Waals surface area (Å²) in [6.45, 7) is 3.94. The van der Waals surface area contributed by atoms with Crippen LogP contribution in [0.3, 0.4) is 0 Å². The van der Waals surface area contributed by atoms with Gasteiger partial charge in [-0.05, 0) is 38.3 Å². The lowest BCUT2D eigenvalue weighted by Gasteiger charge is -2.29. The maximum atomic E-state index is 3.54. The Morgan fingerprint density at radius 2 is 1.79 bits per heavy atom. The van der Waals surface area contributed by atoms with E-state index >= 15 is 0 Å². The second-order valence-corrected chi connectivity index (χ2v) is 4.95. The van der Waals surface area contributed by atoms with Gasteiger partial charge < -0.3 is 5.32 Å². The molecule has 1 saturated carbocycles. The van der Waals surface area contributed by atoms with Crippen LogP contribution in [-0.4, -0.2) is 36.6 Å². The van der Waals surface area contributed by atoms with Crippen molar-refractivity contribution in [2.45, 2.75) is 44.2 Å². The van der Waals surface area contributed by atoms with Gasteiger partial charge in [-0.25, -0.2) is 0 Å². The van der Waals surface area contributed by atoms with Gasteiger partial charge in [-0.2, -0.15) is 0 Å². The summed E-state index contributed by atoms with van der Waals surface area (Å²) in [4.78, 5) is 2.82. The predicted octanol–water partition coefficient (Wildman–Crippen LogP) is 1.64. The van der Waals surface area contributed by atoms with Crippen molar-refractivity contribution in [1.29, 1.82) is 0 Å². The van der Waals surface area contributed by atoms with E-state index in [1.165, 1.54) is 51.7 Å². The zero-order valence-corrected chi connectivity index (χ0v) is 9.56. The second kappa shape index (κ2) is 4.38. The van der Waals surface area contributed by atoms with E-state index in [-0.39, 0.29) is 12.4 Å². The monoisotopic (exact) mass is 216 g/mol. The largest absolute Gasteiger partial charge is 0.315 e. The van der Waals surface area contributed by atoms with Crippen LogP contribution in [0.2, 0.25) is 0 Å². The molecule has 82 valence electrons. The summed E-state index contributed by atoms with van der Waals surface area (Å²) in [5.74, 6) is 0.987. The molecule has 3 fully saturated rings. The maximum absolute atomic E-state index is 3.54. The normalized spacial score (nSPS) is 38.6. The average molecular weight is 217 g/mol. The average Bonchev–Trinajstić information content (AvgIpc) is 2.79. The van der Waals surface area contributed by atoms with Gasteiger partial charge in [-0.3, -0.25) is 4.90 Å². The molecule has 0 radical (unpaired) electrons. The van der Waals surface area contributed by atoms with Gasteiger partial charge in [0.15, 0.2) is 0 Å². The van der Waals surface area contributed by atoms with Crippen LogP contribution in [0.15, 0.2) is 0 Å². The summed E-state index contributed by atoms with van der Waals surface area (Å²) >= 11 is 0. The standard InChI is InChI=1S/C11H20N2.ClH/c1-2-4-10(3-1)13-6-5-9-7-12-8-11(9)13;/h9-12H,1-8H2;1H/t9-,11+;/m0./s1. The maximum Gasteiger partial charge on any atom is 0.0264 e. The van der Waals surface area contributed by atoms with Crippen LogP contribution in [0.1, 0.15) is 32.1 Å². The van der Waals surface area contributed by atoms with Crippen molar-refractivity contribution in [3.8, 4) is 0 Å². The lowest BCUT2D eigenvalue weighted by Crippen LogP contribution is -2.40. The summed E-state index contributed by atoms with van der Waals surface area (Å²) in [5, 5.41) is 3.54. The number of nitrogens with one attached hydrogen (secondary N) is 1. The van der Waals surface area contributed by atoms with E-state index < -0.39 is 0 Å². The number of hydrogen-bond donors (Lipinski definition) is 1. The molecule has 3 heteroatoms. The Balaban J connectivity index is 0.000000750. The Morgan fingerprint density at radius 3 is 2.57 bits per heavy atom. The van der Waals surface area contributed by atoms with Gasteiger partial charge in [0.2, 0.25) is 0 Å². The number of rotatable bonds is 1. The summed E-state index contributed by atoms with van der Waals surface area (Å²) in [5.41, 5.74) is 0. The molecule has 1 aliphatic carbocycles. The van der Waals surface area contributed by atoms with Crippen LogP contribution < -0.4 is 5.32 Å². The Hall–Kier alpha value is 0.210. The third-order valence-electron chi connectivity index (χ3n) is 4.28. The van der Waals surface area contributed by atoms with E-state index in [9.17, 15) is 0 Å². The number of halogens is 1. The highest BCUT2D eigenvalue weighted by atomic mass is 35.5. The number of hydrogen-bond acceptors (Lipinski definition) is 2. The van der Waals surface area contributed by atoms with Crippen molar-refractivity contribution < 1.29 is 0 Å². The Bertz CT molecular complexity index is 192. The topological polar surface area (TPSA) is 15.3 Å². The fourth-order valence-electron chi connectivity index (χ4n) is 3.57. The molecule has 3 rings (SSSR count). The fraction of sp³-hybridized carbons (Fsp3) is 1.00. The molecule has 0 amide bonds. The van der Waals surface area contributed by atoms with Crippen LogP contribution in [0.25, 0.3) is 0 Å². The van der Waals surface area contributed by atoms with Crippen LogP contribution in [0.4, 0.5) is 0 Å². The van der Waals surface area contributed by atoms with Crippen molar-refractivity contribution >= 4 is 12.4 Å². The number of likely N-dealkylation sites (tertiary alicyclic amines) is 1. The summed E-state index contributed by atoms with van der Waals surface area (Å²) in [7, 11) is 0. The Kier molecular flexibility index (Phi) is 3.35. The number of nitrogens with zero attached hydrogens (tertiary/aromatic N) is 1. The Morgan fingerprint density at radius 1 is 1.00 bits per heavy atom. The molecule has 2 aliphatic heterocycles. The molecule has 3 aliphatic rings. The van der Waals surface area contributed by atoms with Gasteiger partial charge in [0, 0.05) is 18.6 Å². The minimum absolute atomic E-state index is 0. The van der Waals surface area contributed by atoms with E-state index in [1.54, 1.807) is 0 Å². The summed E-state index contributed by atoms with van der Waals surface area (Å²) in [6.07, 6.45) is 7.36. The molecule has 0 bridgehead atoms. The van der Waals surface area contributed by atoms with E-state index in [4.69, 9.17) is 0 Å². The molecule has 0 unspecified atom stereocenters. The summed E-state index contributed by atoms with van der Waals surface area (Å²) < 4.78 is 0. The van der Waals surface area contributed by atoms with E-state index in [2.05, 4.69) is 10.2 Å². The Labute approximate surface area is 92.8 Å². The smallest absolute Gasteiger partial charge is 0.0264 e. The molecular weight excluding hydrogens is 196 g/mol. The van der Waals surface area contributed by atoms with Crippen molar-refractivity contribution in [3.05, 3.63) is 0 Å². The molecule has 0 aromatic rings. The van der Waals surface area contributed by atoms with Gasteiger partial charge in [-0.1, -0.05) is 12.8 Å². The molecule has 1 N–H and O–H groups in total. The van der Waals surface area contributed by atoms with E-state index in [1.807, 2.05) is 0 Å². The molecule has 0 aromatic carbocycles. The van der Waals surface area contributed by atoms with Gasteiger partial charge in [0.1, 0.15) is 0 Å². The van der Waals surface area contributed by atoms with Gasteiger partial charge in [-0.15, -0.1) is 12.4 Å². The number of fused-ring (bicyclic) bond motifs is 1. The minimum Gasteiger partial charge on any atom is -0.315 e. The molecule has 2 heterocycles. The van der Waals surface area contributed by atoms with Crippen molar-refractivity contribution in [1.82, 2.24) is 10.2 Å². The molecular formula is C11H21ClN2. The fourth-order valence-corrected chi connectivity index (χ4v) is 3.57. The SMILES string of the molecule is C1CCC(N2CC[C@H]3CNC[C@H]32)C1.Cl. The predicted molar refractivity (Wildman–Crippen MR) is 61.0 cm³/mol. The molecule has 2 saturated heterocycles. The van der Waals surface area contributed by atoms with Gasteiger partial charge in [0.25, 0.3) is 0 Å². The second-order valence-electron chi connectivity index (χ2n) is 4.95. The summed E-state index contributed by atoms with van der Waals surface area (Å²) in [6, 6.07) is 1.86. The third kappa shape index (κ3) is 1.68. The van der Waals surface area contributed by atoms with Crippen molar-refractivity contribution in [2.75, 3.05) is 19.6 Å². The van der Waals surface area contributed by atoms with Gasteiger partial charge >= 0.3 is 0 Å². The van der Waals surface area contributed by atoms with E-state index in [0.29, 0.717) is 0 Å². The molecule has 0 spiro atoms. The van der Waals surface area contributed by atoms with Crippen LogP contribution in [0.5, 0.6) is 0 Å². The minimum atomic E-state index is 0. The molecule has 2 atom stereocenters. The van der Waals surface area contributed by atoms with Crippen molar-refractivity contribution in [2.24, 2.45) is 5.92 Å². The van der Waals surface area contributed by atoms with Crippen LogP contribution in [-0.2, 0) is 0 Å². The molecule has 14 heavy (non-hydrogen) atoms. The first kappa shape index (κ1) is 10.7. The zero-order chi connectivity index (χ0) is 8.67. The lowest BCUT2D eigenvalue weighted by atomic mass is 10.0. The highest BCUT2D eigenvalue weighted by Crippen LogP contribution is 2.34. The lowest BCUT2D eigenvalue weighted by molar-refractivity contribution is 0.181. The van der Waals surface area contributed by atoms with Crippen molar-refractivity contribution in [3.63, 3.8) is 0 Å². The van der Waals surface area contributed by atoms with Gasteiger partial charge in [0.05, 0.1) is 0 Å². The quantitative estimate of drug-likeness (QED) is 0.717. The van der Waals surface area contributed by atoms with Crippen LogP contribution >= 0.6 is 12.4 Å². The molecule has 0 aromatic heterocycles. The molecule has 2 nitrogen and oxygen atoms in total. The highest BCUT2D eigenvalue weighted by Gasteiger charge is 2.40. The zero-order valence-electron chi connectivity index (χ0n) is 8.74.